The Labute approximate surface area is 155 Å². The van der Waals surface area contributed by atoms with Gasteiger partial charge in [-0.1, -0.05) is 19.9 Å². The fourth-order valence-electron chi connectivity index (χ4n) is 3.54. The summed E-state index contributed by atoms with van der Waals surface area (Å²) in [6, 6.07) is 9.78. The number of aromatic hydroxyl groups is 1. The van der Waals surface area contributed by atoms with Gasteiger partial charge in [0.1, 0.15) is 11.6 Å². The number of rotatable bonds is 4. The molecule has 0 radical (unpaired) electrons. The average Bonchev–Trinajstić information content (AvgIpc) is 2.64. The smallest absolute Gasteiger partial charge is 0.129 e. The molecule has 2 aromatic rings. The van der Waals surface area contributed by atoms with Crippen molar-refractivity contribution >= 4 is 5.82 Å². The van der Waals surface area contributed by atoms with Crippen LogP contribution in [-0.2, 0) is 6.54 Å². The van der Waals surface area contributed by atoms with E-state index in [-0.39, 0.29) is 0 Å². The zero-order valence-electron chi connectivity index (χ0n) is 15.7. The maximum Gasteiger partial charge on any atom is 0.129 e. The molecule has 1 saturated heterocycles. The number of phenolic OH excluding ortho intramolecular Hbond substituents is 1. The first-order valence-electron chi connectivity index (χ1n) is 9.13. The van der Waals surface area contributed by atoms with E-state index in [0.717, 1.165) is 49.7 Å². The van der Waals surface area contributed by atoms with Crippen molar-refractivity contribution in [1.29, 1.82) is 5.26 Å². The Kier molecular flexibility index (Phi) is 5.43. The number of aromatic nitrogens is 1. The van der Waals surface area contributed by atoms with Crippen LogP contribution in [0, 0.1) is 18.3 Å². The Balaban J connectivity index is 1.66. The van der Waals surface area contributed by atoms with Gasteiger partial charge in [0.15, 0.2) is 0 Å². The summed E-state index contributed by atoms with van der Waals surface area (Å²) < 4.78 is 0. The van der Waals surface area contributed by atoms with Crippen molar-refractivity contribution in [3.05, 3.63) is 52.7 Å². The zero-order chi connectivity index (χ0) is 18.7. The summed E-state index contributed by atoms with van der Waals surface area (Å²) in [5.41, 5.74) is 4.09. The van der Waals surface area contributed by atoms with Crippen molar-refractivity contribution in [2.24, 2.45) is 0 Å². The van der Waals surface area contributed by atoms with Crippen molar-refractivity contribution in [3.63, 3.8) is 0 Å². The van der Waals surface area contributed by atoms with Crippen LogP contribution in [0.3, 0.4) is 0 Å². The minimum Gasteiger partial charge on any atom is -0.508 e. The largest absolute Gasteiger partial charge is 0.508 e. The van der Waals surface area contributed by atoms with Gasteiger partial charge in [-0.2, -0.15) is 5.26 Å². The number of piperazine rings is 1. The first kappa shape index (κ1) is 18.2. The molecule has 26 heavy (non-hydrogen) atoms. The molecular weight excluding hydrogens is 324 g/mol. The molecule has 0 atom stereocenters. The Morgan fingerprint density at radius 2 is 1.92 bits per heavy atom. The van der Waals surface area contributed by atoms with E-state index >= 15 is 0 Å². The lowest BCUT2D eigenvalue weighted by Crippen LogP contribution is -2.46. The summed E-state index contributed by atoms with van der Waals surface area (Å²) in [5, 5.41) is 19.4. The molecular formula is C21H26N4O. The van der Waals surface area contributed by atoms with E-state index < -0.39 is 0 Å². The van der Waals surface area contributed by atoms with E-state index in [0.29, 0.717) is 17.2 Å². The number of benzene rings is 1. The topological polar surface area (TPSA) is 63.4 Å². The van der Waals surface area contributed by atoms with Crippen LogP contribution in [-0.4, -0.2) is 41.2 Å². The molecule has 0 bridgehead atoms. The van der Waals surface area contributed by atoms with E-state index in [1.807, 2.05) is 12.1 Å². The minimum atomic E-state index is 0.387. The highest BCUT2D eigenvalue weighted by Gasteiger charge is 2.20. The predicted octanol–water partition coefficient (Wildman–Crippen LogP) is 3.41. The summed E-state index contributed by atoms with van der Waals surface area (Å²) in [6.07, 6.45) is 1.69. The van der Waals surface area contributed by atoms with Crippen LogP contribution in [0.1, 0.15) is 42.0 Å². The van der Waals surface area contributed by atoms with E-state index in [1.165, 1.54) is 5.56 Å². The van der Waals surface area contributed by atoms with E-state index in [2.05, 4.69) is 47.7 Å². The summed E-state index contributed by atoms with van der Waals surface area (Å²) in [4.78, 5) is 8.97. The van der Waals surface area contributed by atoms with E-state index in [9.17, 15) is 5.11 Å². The van der Waals surface area contributed by atoms with Crippen LogP contribution in [0.15, 0.2) is 30.5 Å². The number of nitriles is 1. The molecule has 0 amide bonds. The molecule has 0 aliphatic carbocycles. The monoisotopic (exact) mass is 350 g/mol. The Bertz CT molecular complexity index is 817. The van der Waals surface area contributed by atoms with Crippen molar-refractivity contribution in [2.75, 3.05) is 31.1 Å². The number of phenols is 1. The van der Waals surface area contributed by atoms with Crippen LogP contribution in [0.4, 0.5) is 5.82 Å². The number of pyridine rings is 1. The standard InChI is InChI=1S/C21H26N4O/c1-15(2)19-12-18(20(26)10-16(19)3)14-24-6-8-25(9-7-24)21-11-17(13-22)4-5-23-21/h4-5,10-12,15,26H,6-9,14H2,1-3H3. The molecule has 1 aromatic carbocycles. The first-order valence-corrected chi connectivity index (χ1v) is 9.13. The normalized spacial score (nSPS) is 15.3. The van der Waals surface area contributed by atoms with Crippen LogP contribution >= 0.6 is 0 Å². The summed E-state index contributed by atoms with van der Waals surface area (Å²) in [7, 11) is 0. The second-order valence-electron chi connectivity index (χ2n) is 7.27. The number of aryl methyl sites for hydroxylation is 1. The average molecular weight is 350 g/mol. The van der Waals surface area contributed by atoms with Gasteiger partial charge in [0.05, 0.1) is 11.6 Å². The van der Waals surface area contributed by atoms with Gasteiger partial charge < -0.3 is 10.0 Å². The van der Waals surface area contributed by atoms with Gasteiger partial charge >= 0.3 is 0 Å². The van der Waals surface area contributed by atoms with Crippen LogP contribution in [0.5, 0.6) is 5.75 Å². The molecule has 1 N–H and O–H groups in total. The van der Waals surface area contributed by atoms with Crippen molar-refractivity contribution < 1.29 is 5.11 Å². The lowest BCUT2D eigenvalue weighted by molar-refractivity contribution is 0.246. The fraction of sp³-hybridized carbons (Fsp3) is 0.429. The Morgan fingerprint density at radius 3 is 2.58 bits per heavy atom. The first-order chi connectivity index (χ1) is 12.5. The quantitative estimate of drug-likeness (QED) is 0.915. The Morgan fingerprint density at radius 1 is 1.19 bits per heavy atom. The van der Waals surface area contributed by atoms with Gasteiger partial charge in [-0.15, -0.1) is 0 Å². The van der Waals surface area contributed by atoms with E-state index in [4.69, 9.17) is 5.26 Å². The molecule has 0 unspecified atom stereocenters. The summed E-state index contributed by atoms with van der Waals surface area (Å²) >= 11 is 0. The van der Waals surface area contributed by atoms with Gasteiger partial charge in [0.25, 0.3) is 0 Å². The van der Waals surface area contributed by atoms with Crippen molar-refractivity contribution in [3.8, 4) is 11.8 Å². The molecule has 2 heterocycles. The van der Waals surface area contributed by atoms with Crippen molar-refractivity contribution in [1.82, 2.24) is 9.88 Å². The highest BCUT2D eigenvalue weighted by molar-refractivity contribution is 5.45. The van der Waals surface area contributed by atoms with Gasteiger partial charge in [0.2, 0.25) is 0 Å². The molecule has 3 rings (SSSR count). The van der Waals surface area contributed by atoms with Gasteiger partial charge in [-0.05, 0) is 42.2 Å². The molecule has 1 fully saturated rings. The maximum atomic E-state index is 10.3. The highest BCUT2D eigenvalue weighted by atomic mass is 16.3. The third-order valence-corrected chi connectivity index (χ3v) is 5.05. The third-order valence-electron chi connectivity index (χ3n) is 5.05. The molecule has 5 heteroatoms. The maximum absolute atomic E-state index is 10.3. The second-order valence-corrected chi connectivity index (χ2v) is 7.27. The number of anilines is 1. The molecule has 1 aliphatic rings. The third kappa shape index (κ3) is 3.97. The molecule has 5 nitrogen and oxygen atoms in total. The van der Waals surface area contributed by atoms with Gasteiger partial charge in [-0.3, -0.25) is 4.90 Å². The summed E-state index contributed by atoms with van der Waals surface area (Å²) in [6.45, 7) is 10.7. The number of hydrogen-bond acceptors (Lipinski definition) is 5. The van der Waals surface area contributed by atoms with Crippen LogP contribution in [0.25, 0.3) is 0 Å². The molecule has 136 valence electrons. The fourth-order valence-corrected chi connectivity index (χ4v) is 3.54. The lowest BCUT2D eigenvalue weighted by Gasteiger charge is -2.35. The number of hydrogen-bond donors (Lipinski definition) is 1. The SMILES string of the molecule is Cc1cc(O)c(CN2CCN(c3cc(C#N)ccn3)CC2)cc1C(C)C. The van der Waals surface area contributed by atoms with Gasteiger partial charge in [0, 0.05) is 44.5 Å². The predicted molar refractivity (Wildman–Crippen MR) is 103 cm³/mol. The zero-order valence-corrected chi connectivity index (χ0v) is 15.7. The molecule has 1 aliphatic heterocycles. The molecule has 0 spiro atoms. The lowest BCUT2D eigenvalue weighted by atomic mass is 9.95. The Hall–Kier alpha value is -2.58. The van der Waals surface area contributed by atoms with Gasteiger partial charge in [-0.25, -0.2) is 4.98 Å². The second kappa shape index (κ2) is 7.76. The molecule has 1 aromatic heterocycles. The van der Waals surface area contributed by atoms with Crippen molar-refractivity contribution in [2.45, 2.75) is 33.2 Å². The van der Waals surface area contributed by atoms with Crippen LogP contribution < -0.4 is 4.90 Å². The minimum absolute atomic E-state index is 0.387. The summed E-state index contributed by atoms with van der Waals surface area (Å²) in [5.74, 6) is 1.70. The number of nitrogens with zero attached hydrogens (tertiary/aromatic N) is 4. The van der Waals surface area contributed by atoms with E-state index in [1.54, 1.807) is 12.3 Å². The molecule has 0 saturated carbocycles. The van der Waals surface area contributed by atoms with Crippen LogP contribution in [0.2, 0.25) is 0 Å². The highest BCUT2D eigenvalue weighted by Crippen LogP contribution is 2.28.